The van der Waals surface area contributed by atoms with E-state index in [0.717, 1.165) is 0 Å². The molecular weight excluding hydrogens is 344 g/mol. The van der Waals surface area contributed by atoms with Gasteiger partial charge in [-0.2, -0.15) is 0 Å². The van der Waals surface area contributed by atoms with Crippen molar-refractivity contribution in [3.8, 4) is 0 Å². The van der Waals surface area contributed by atoms with Crippen molar-refractivity contribution in [2.75, 3.05) is 26.0 Å². The molecule has 0 heterocycles. The highest BCUT2D eigenvalue weighted by Crippen LogP contribution is 2.24. The van der Waals surface area contributed by atoms with E-state index >= 15 is 0 Å². The number of esters is 1. The van der Waals surface area contributed by atoms with Crippen LogP contribution >= 0.6 is 15.9 Å². The number of benzene rings is 1. The number of amides is 2. The lowest BCUT2D eigenvalue weighted by Gasteiger charge is -2.18. The van der Waals surface area contributed by atoms with E-state index in [1.54, 1.807) is 0 Å². The molecular formula is C13H15BrN2O5. The van der Waals surface area contributed by atoms with Gasteiger partial charge in [0.05, 0.1) is 24.8 Å². The second-order valence-electron chi connectivity index (χ2n) is 4.18. The summed E-state index contributed by atoms with van der Waals surface area (Å²) < 4.78 is 4.95. The van der Waals surface area contributed by atoms with Crippen molar-refractivity contribution < 1.29 is 24.2 Å². The highest BCUT2D eigenvalue weighted by molar-refractivity contribution is 9.10. The molecule has 0 aromatic heterocycles. The fourth-order valence-electron chi connectivity index (χ4n) is 1.42. The summed E-state index contributed by atoms with van der Waals surface area (Å²) in [5, 5.41) is 11.5. The number of aromatic carboxylic acids is 1. The number of carbonyl (C=O) groups is 3. The molecule has 1 rings (SSSR count). The van der Waals surface area contributed by atoms with Crippen molar-refractivity contribution in [3.05, 3.63) is 28.2 Å². The van der Waals surface area contributed by atoms with Gasteiger partial charge in [-0.15, -0.1) is 0 Å². The van der Waals surface area contributed by atoms with E-state index in [2.05, 4.69) is 26.0 Å². The summed E-state index contributed by atoms with van der Waals surface area (Å²) in [5.74, 6) is -1.45. The van der Waals surface area contributed by atoms with Crippen molar-refractivity contribution in [2.24, 2.45) is 0 Å². The zero-order valence-corrected chi connectivity index (χ0v) is 13.1. The Morgan fingerprint density at radius 2 is 2.05 bits per heavy atom. The summed E-state index contributed by atoms with van der Waals surface area (Å²) in [6.45, 7) is 0.212. The summed E-state index contributed by atoms with van der Waals surface area (Å²) in [7, 11) is 2.82. The average Bonchev–Trinajstić information content (AvgIpc) is 2.45. The lowest BCUT2D eigenvalue weighted by molar-refractivity contribution is -0.140. The van der Waals surface area contributed by atoms with Crippen LogP contribution in [0.25, 0.3) is 0 Å². The summed E-state index contributed by atoms with van der Waals surface area (Å²) in [5.41, 5.74) is 0.550. The average molecular weight is 359 g/mol. The number of hydrogen-bond donors (Lipinski definition) is 2. The molecule has 0 bridgehead atoms. The summed E-state index contributed by atoms with van der Waals surface area (Å²) in [6.07, 6.45) is 0.0968. The first kappa shape index (κ1) is 17.0. The van der Waals surface area contributed by atoms with Gasteiger partial charge in [0.25, 0.3) is 0 Å². The molecule has 0 aliphatic heterocycles. The van der Waals surface area contributed by atoms with Crippen molar-refractivity contribution in [1.82, 2.24) is 4.90 Å². The van der Waals surface area contributed by atoms with Gasteiger partial charge in [0.15, 0.2) is 0 Å². The van der Waals surface area contributed by atoms with E-state index in [1.165, 1.54) is 37.3 Å². The predicted molar refractivity (Wildman–Crippen MR) is 79.4 cm³/mol. The van der Waals surface area contributed by atoms with Crippen LogP contribution in [0.2, 0.25) is 0 Å². The smallest absolute Gasteiger partial charge is 0.335 e. The molecule has 0 spiro atoms. The Kier molecular flexibility index (Phi) is 6.16. The minimum Gasteiger partial charge on any atom is -0.478 e. The minimum atomic E-state index is -1.05. The normalized spacial score (nSPS) is 9.86. The molecule has 21 heavy (non-hydrogen) atoms. The van der Waals surface area contributed by atoms with Gasteiger partial charge in [-0.3, -0.25) is 4.79 Å². The molecule has 0 atom stereocenters. The summed E-state index contributed by atoms with van der Waals surface area (Å²) in [6, 6.07) is 3.85. The van der Waals surface area contributed by atoms with Crippen LogP contribution in [0.15, 0.2) is 22.7 Å². The number of urea groups is 1. The highest BCUT2D eigenvalue weighted by atomic mass is 79.9. The first-order chi connectivity index (χ1) is 9.85. The Hall–Kier alpha value is -2.09. The van der Waals surface area contributed by atoms with Crippen molar-refractivity contribution in [3.63, 3.8) is 0 Å². The Labute approximate surface area is 130 Å². The number of carbonyl (C=O) groups excluding carboxylic acids is 2. The van der Waals surface area contributed by atoms with Crippen LogP contribution in [0.1, 0.15) is 16.8 Å². The van der Waals surface area contributed by atoms with Gasteiger partial charge in [-0.25, -0.2) is 9.59 Å². The van der Waals surface area contributed by atoms with Gasteiger partial charge in [-0.1, -0.05) is 0 Å². The minimum absolute atomic E-state index is 0.0968. The molecule has 1 aromatic rings. The number of nitrogens with one attached hydrogen (secondary N) is 1. The number of carboxylic acids is 1. The highest BCUT2D eigenvalue weighted by Gasteiger charge is 2.13. The lowest BCUT2D eigenvalue weighted by Crippen LogP contribution is -2.33. The van der Waals surface area contributed by atoms with Crippen LogP contribution in [0.5, 0.6) is 0 Å². The summed E-state index contributed by atoms with van der Waals surface area (Å²) >= 11 is 3.20. The third-order valence-electron chi connectivity index (χ3n) is 2.68. The molecule has 0 unspecified atom stereocenters. The maximum absolute atomic E-state index is 11.9. The third-order valence-corrected chi connectivity index (χ3v) is 3.34. The van der Waals surface area contributed by atoms with Crippen LogP contribution in [0.4, 0.5) is 10.5 Å². The van der Waals surface area contributed by atoms with E-state index in [9.17, 15) is 14.4 Å². The van der Waals surface area contributed by atoms with Crippen LogP contribution in [-0.2, 0) is 9.53 Å². The fourth-order valence-corrected chi connectivity index (χ4v) is 1.90. The van der Waals surface area contributed by atoms with Gasteiger partial charge >= 0.3 is 18.0 Å². The first-order valence-corrected chi connectivity index (χ1v) is 6.76. The Bertz CT molecular complexity index is 561. The van der Waals surface area contributed by atoms with Crippen LogP contribution in [0, 0.1) is 0 Å². The van der Waals surface area contributed by atoms with Crippen LogP contribution in [-0.4, -0.2) is 48.7 Å². The van der Waals surface area contributed by atoms with Gasteiger partial charge in [0.2, 0.25) is 0 Å². The zero-order valence-electron chi connectivity index (χ0n) is 11.6. The number of nitrogens with zero attached hydrogens (tertiary/aromatic N) is 1. The molecule has 0 aliphatic rings. The molecule has 0 aliphatic carbocycles. The zero-order chi connectivity index (χ0) is 16.0. The molecule has 7 nitrogen and oxygen atoms in total. The monoisotopic (exact) mass is 358 g/mol. The van der Waals surface area contributed by atoms with Gasteiger partial charge in [0, 0.05) is 18.1 Å². The molecule has 1 aromatic carbocycles. The molecule has 2 amide bonds. The standard InChI is InChI=1S/C13H15BrN2O5/c1-16(6-5-11(17)21-2)13(20)15-10-4-3-8(12(18)19)7-9(10)14/h3-4,7H,5-6H2,1-2H3,(H,15,20)(H,18,19). The SMILES string of the molecule is COC(=O)CCN(C)C(=O)Nc1ccc(C(=O)O)cc1Br. The lowest BCUT2D eigenvalue weighted by atomic mass is 10.2. The number of ether oxygens (including phenoxy) is 1. The fraction of sp³-hybridized carbons (Fsp3) is 0.308. The number of hydrogen-bond acceptors (Lipinski definition) is 4. The Morgan fingerprint density at radius 1 is 1.38 bits per heavy atom. The second-order valence-corrected chi connectivity index (χ2v) is 5.03. The van der Waals surface area contributed by atoms with Crippen molar-refractivity contribution in [2.45, 2.75) is 6.42 Å². The molecule has 114 valence electrons. The number of halogens is 1. The van der Waals surface area contributed by atoms with E-state index in [-0.39, 0.29) is 18.5 Å². The maximum atomic E-state index is 11.9. The van der Waals surface area contributed by atoms with Gasteiger partial charge < -0.3 is 20.1 Å². The molecule has 2 N–H and O–H groups in total. The number of rotatable bonds is 5. The van der Waals surface area contributed by atoms with Crippen LogP contribution < -0.4 is 5.32 Å². The topological polar surface area (TPSA) is 95.9 Å². The molecule has 0 fully saturated rings. The maximum Gasteiger partial charge on any atom is 0.335 e. The Balaban J connectivity index is 2.66. The van der Waals surface area contributed by atoms with Crippen LogP contribution in [0.3, 0.4) is 0 Å². The van der Waals surface area contributed by atoms with Crippen molar-refractivity contribution >= 4 is 39.6 Å². The number of carboxylic acid groups (broad SMARTS) is 1. The molecule has 0 radical (unpaired) electrons. The van der Waals surface area contributed by atoms with Gasteiger partial charge in [0.1, 0.15) is 0 Å². The quantitative estimate of drug-likeness (QED) is 0.786. The van der Waals surface area contributed by atoms with E-state index in [4.69, 9.17) is 5.11 Å². The number of methoxy groups -OCH3 is 1. The van der Waals surface area contributed by atoms with Gasteiger partial charge in [-0.05, 0) is 34.1 Å². The largest absolute Gasteiger partial charge is 0.478 e. The molecule has 0 saturated carbocycles. The second kappa shape index (κ2) is 7.63. The molecule has 8 heteroatoms. The van der Waals surface area contributed by atoms with E-state index in [0.29, 0.717) is 10.2 Å². The van der Waals surface area contributed by atoms with E-state index < -0.39 is 18.0 Å². The predicted octanol–water partition coefficient (Wildman–Crippen LogP) is 2.17. The third kappa shape index (κ3) is 5.07. The van der Waals surface area contributed by atoms with E-state index in [1.807, 2.05) is 0 Å². The Morgan fingerprint density at radius 3 is 2.57 bits per heavy atom. The number of anilines is 1. The first-order valence-electron chi connectivity index (χ1n) is 5.97. The summed E-state index contributed by atoms with van der Waals surface area (Å²) in [4.78, 5) is 35.1. The molecule has 0 saturated heterocycles. The van der Waals surface area contributed by atoms with Crippen molar-refractivity contribution in [1.29, 1.82) is 0 Å².